The number of phenolic OH excluding ortho intramolecular Hbond substituents is 1. The second-order valence-corrected chi connectivity index (χ2v) is 22.5. The van der Waals surface area contributed by atoms with Crippen molar-refractivity contribution in [2.45, 2.75) is 92.3 Å². The molecule has 10 aromatic rings. The Hall–Kier alpha value is -9.17. The quantitative estimate of drug-likeness (QED) is 0.0373. The highest BCUT2D eigenvalue weighted by molar-refractivity contribution is 7.08. The standard InChI is InChI=1S/C38H37NO4S.C22H23ClO2S.C16H15NO2/c1-3-12-32-35(17-10-18-36(32)43-34-16-9-8-15-30(34)25-39)40-20-11-21-41-37-24-38(42-26-28-13-6-5-7-14-28)33(23-29(37)4-2)31-19-22-44-27-31;1-2-18-13-20(19-9-12-26-16-19)22(14-21(18)24-11-6-10-23)25-15-17-7-4-3-5-8-17;1-2-6-13-14(18)8-5-10-16(13)19-15-9-4-3-7-12(15)11-17/h5-10,13-19,22-24,27H,3-4,11-12,20-21,26H2,1-2H3;3-5,7-9,12-14,16H,2,6,10-11,15H2,1H3;3-5,7-10,18H,2,6H2,1H3. The molecule has 0 spiro atoms. The van der Waals surface area contributed by atoms with Gasteiger partial charge in [-0.25, -0.2) is 0 Å². The number of benzene rings is 8. The molecule has 0 radical (unpaired) electrons. The number of ether oxygens (including phenoxy) is 7. The van der Waals surface area contributed by atoms with Gasteiger partial charge < -0.3 is 38.3 Å². The minimum atomic E-state index is 0.230. The highest BCUT2D eigenvalue weighted by Crippen LogP contribution is 2.41. The number of thiophene rings is 2. The topological polar surface area (TPSA) is 132 Å². The molecule has 0 aliphatic heterocycles. The SMILES string of the molecule is CCCc1c(O)cccc1Oc1ccccc1C#N.CCCc1c(OCCCOc2cc(OCc3ccccc3)c(-c3ccsc3)cc2CC)cccc1Oc1ccccc1C#N.CCc1cc(-c2ccsc2)c(OCc2ccccc2)cc1OCCCCl. The first-order valence-corrected chi connectivity index (χ1v) is 32.6. The van der Waals surface area contributed by atoms with E-state index in [-0.39, 0.29) is 5.75 Å². The van der Waals surface area contributed by atoms with E-state index in [0.29, 0.717) is 79.5 Å². The summed E-state index contributed by atoms with van der Waals surface area (Å²) in [4.78, 5) is 0. The molecule has 0 saturated heterocycles. The van der Waals surface area contributed by atoms with Crippen LogP contribution in [0.3, 0.4) is 0 Å². The van der Waals surface area contributed by atoms with Gasteiger partial charge in [-0.2, -0.15) is 33.2 Å². The third kappa shape index (κ3) is 19.2. The van der Waals surface area contributed by atoms with E-state index in [9.17, 15) is 10.4 Å². The van der Waals surface area contributed by atoms with Gasteiger partial charge in [0.05, 0.1) is 30.9 Å². The number of rotatable bonds is 28. The minimum absolute atomic E-state index is 0.230. The summed E-state index contributed by atoms with van der Waals surface area (Å²) in [6.07, 6.45) is 6.69. The van der Waals surface area contributed by atoms with Gasteiger partial charge in [0.25, 0.3) is 0 Å². The predicted molar refractivity (Wildman–Crippen MR) is 361 cm³/mol. The van der Waals surface area contributed by atoms with Gasteiger partial charge in [0.1, 0.15) is 82.8 Å². The van der Waals surface area contributed by atoms with Gasteiger partial charge in [0.2, 0.25) is 0 Å². The number of alkyl halides is 1. The van der Waals surface area contributed by atoms with Crippen molar-refractivity contribution in [1.29, 1.82) is 10.5 Å². The third-order valence-corrected chi connectivity index (χ3v) is 15.9. The van der Waals surface area contributed by atoms with Gasteiger partial charge in [-0.05, 0) is 160 Å². The molecule has 0 aliphatic rings. The Balaban J connectivity index is 0.000000192. The molecule has 2 heterocycles. The Labute approximate surface area is 537 Å². The van der Waals surface area contributed by atoms with E-state index < -0.39 is 0 Å². The number of phenols is 1. The van der Waals surface area contributed by atoms with Gasteiger partial charge in [0, 0.05) is 46.7 Å². The first-order chi connectivity index (χ1) is 43.8. The molecule has 89 heavy (non-hydrogen) atoms. The number of aromatic hydroxyl groups is 1. The fourth-order valence-corrected chi connectivity index (χ4v) is 11.1. The zero-order valence-corrected chi connectivity index (χ0v) is 53.3. The van der Waals surface area contributed by atoms with Crippen molar-refractivity contribution in [3.63, 3.8) is 0 Å². The van der Waals surface area contributed by atoms with E-state index in [2.05, 4.69) is 103 Å². The van der Waals surface area contributed by atoms with E-state index in [1.54, 1.807) is 65.1 Å². The van der Waals surface area contributed by atoms with Crippen molar-refractivity contribution < 1.29 is 38.3 Å². The normalized spacial score (nSPS) is 10.5. The summed E-state index contributed by atoms with van der Waals surface area (Å²) in [5.74, 6) is 7.39. The summed E-state index contributed by atoms with van der Waals surface area (Å²) in [6.45, 7) is 11.1. The van der Waals surface area contributed by atoms with Gasteiger partial charge in [0.15, 0.2) is 0 Å². The van der Waals surface area contributed by atoms with Crippen LogP contribution in [-0.4, -0.2) is 30.8 Å². The molecule has 13 heteroatoms. The van der Waals surface area contributed by atoms with Crippen molar-refractivity contribution in [3.8, 4) is 91.9 Å². The Morgan fingerprint density at radius 3 is 1.31 bits per heavy atom. The molecular weight excluding hydrogens is 1170 g/mol. The van der Waals surface area contributed by atoms with E-state index >= 15 is 0 Å². The van der Waals surface area contributed by atoms with Gasteiger partial charge in [-0.1, -0.05) is 138 Å². The largest absolute Gasteiger partial charge is 0.508 e. The monoisotopic (exact) mass is 1240 g/mol. The lowest BCUT2D eigenvalue weighted by Crippen LogP contribution is -2.08. The van der Waals surface area contributed by atoms with Crippen molar-refractivity contribution in [3.05, 3.63) is 248 Å². The number of hydrogen-bond acceptors (Lipinski definition) is 12. The zero-order valence-electron chi connectivity index (χ0n) is 50.9. The summed E-state index contributed by atoms with van der Waals surface area (Å²) in [6, 6.07) is 62.8. The fraction of sp³-hybridized carbons (Fsp3) is 0.237. The lowest BCUT2D eigenvalue weighted by molar-refractivity contribution is 0.243. The molecule has 0 bridgehead atoms. The van der Waals surface area contributed by atoms with Crippen molar-refractivity contribution in [2.75, 3.05) is 25.7 Å². The summed E-state index contributed by atoms with van der Waals surface area (Å²) in [7, 11) is 0. The molecule has 0 fully saturated rings. The van der Waals surface area contributed by atoms with Crippen LogP contribution in [0, 0.1) is 22.7 Å². The number of nitrogens with zero attached hydrogens (tertiary/aromatic N) is 2. The van der Waals surface area contributed by atoms with Crippen LogP contribution in [0.4, 0.5) is 0 Å². The second kappa shape index (κ2) is 35.6. The number of hydrogen-bond donors (Lipinski definition) is 1. The molecule has 8 aromatic carbocycles. The molecule has 0 unspecified atom stereocenters. The maximum Gasteiger partial charge on any atom is 0.145 e. The predicted octanol–water partition coefficient (Wildman–Crippen LogP) is 20.6. The molecule has 2 aromatic heterocycles. The molecule has 0 aliphatic carbocycles. The van der Waals surface area contributed by atoms with E-state index in [1.807, 2.05) is 97.9 Å². The third-order valence-electron chi connectivity index (χ3n) is 14.2. The van der Waals surface area contributed by atoms with E-state index in [0.717, 1.165) is 118 Å². The van der Waals surface area contributed by atoms with Crippen molar-refractivity contribution >= 4 is 34.3 Å². The van der Waals surface area contributed by atoms with Crippen LogP contribution in [0.2, 0.25) is 0 Å². The number of nitriles is 2. The molecule has 0 amide bonds. The Bertz CT molecular complexity index is 3840. The Morgan fingerprint density at radius 2 is 0.854 bits per heavy atom. The van der Waals surface area contributed by atoms with E-state index in [1.165, 1.54) is 11.1 Å². The average Bonchev–Trinajstić information content (AvgIpc) is 4.48. The highest BCUT2D eigenvalue weighted by Gasteiger charge is 2.18. The van der Waals surface area contributed by atoms with Crippen LogP contribution >= 0.6 is 34.3 Å². The molecular formula is C76H75ClN2O8S2. The smallest absolute Gasteiger partial charge is 0.145 e. The van der Waals surface area contributed by atoms with Gasteiger partial charge in [-0.3, -0.25) is 0 Å². The van der Waals surface area contributed by atoms with Gasteiger partial charge >= 0.3 is 0 Å². The molecule has 1 N–H and O–H groups in total. The Morgan fingerprint density at radius 1 is 0.427 bits per heavy atom. The highest BCUT2D eigenvalue weighted by atomic mass is 35.5. The van der Waals surface area contributed by atoms with Crippen LogP contribution < -0.4 is 33.2 Å². The molecule has 456 valence electrons. The second-order valence-electron chi connectivity index (χ2n) is 20.5. The van der Waals surface area contributed by atoms with Crippen LogP contribution in [0.1, 0.15) is 97.9 Å². The number of halogens is 1. The number of para-hydroxylation sites is 2. The lowest BCUT2D eigenvalue weighted by atomic mass is 10.0. The molecule has 10 rings (SSSR count). The first kappa shape index (κ1) is 65.8. The summed E-state index contributed by atoms with van der Waals surface area (Å²) < 4.78 is 43.1. The van der Waals surface area contributed by atoms with Crippen LogP contribution in [-0.2, 0) is 38.9 Å². The van der Waals surface area contributed by atoms with Crippen molar-refractivity contribution in [2.24, 2.45) is 0 Å². The van der Waals surface area contributed by atoms with Crippen LogP contribution in [0.5, 0.6) is 57.5 Å². The van der Waals surface area contributed by atoms with Crippen molar-refractivity contribution in [1.82, 2.24) is 0 Å². The number of aryl methyl sites for hydroxylation is 2. The summed E-state index contributed by atoms with van der Waals surface area (Å²) in [5, 5.41) is 36.9. The molecule has 0 saturated carbocycles. The molecule has 0 atom stereocenters. The maximum atomic E-state index is 9.88. The Kier molecular flexibility index (Phi) is 26.3. The van der Waals surface area contributed by atoms with Crippen LogP contribution in [0.25, 0.3) is 22.3 Å². The summed E-state index contributed by atoms with van der Waals surface area (Å²) in [5.41, 5.74) is 11.9. The minimum Gasteiger partial charge on any atom is -0.508 e. The lowest BCUT2D eigenvalue weighted by Gasteiger charge is -2.18. The van der Waals surface area contributed by atoms with E-state index in [4.69, 9.17) is 50.0 Å². The van der Waals surface area contributed by atoms with Crippen LogP contribution in [0.15, 0.2) is 204 Å². The van der Waals surface area contributed by atoms with Gasteiger partial charge in [-0.15, -0.1) is 11.6 Å². The molecule has 10 nitrogen and oxygen atoms in total. The summed E-state index contributed by atoms with van der Waals surface area (Å²) >= 11 is 9.15. The fourth-order valence-electron chi connectivity index (χ4n) is 9.65. The first-order valence-electron chi connectivity index (χ1n) is 30.2. The zero-order chi connectivity index (χ0) is 62.4. The average molecular weight is 1240 g/mol. The maximum absolute atomic E-state index is 9.88.